The Kier molecular flexibility index (Phi) is 5.87. The molecule has 5 nitrogen and oxygen atoms in total. The smallest absolute Gasteiger partial charge is 0.251 e. The van der Waals surface area contributed by atoms with Crippen LogP contribution in [0.3, 0.4) is 0 Å². The van der Waals surface area contributed by atoms with Crippen molar-refractivity contribution in [3.63, 3.8) is 0 Å². The van der Waals surface area contributed by atoms with Gasteiger partial charge in [0, 0.05) is 10.2 Å². The number of benzene rings is 2. The van der Waals surface area contributed by atoms with Crippen LogP contribution < -0.4 is 10.0 Å². The molecular weight excluding hydrogens is 436 g/mol. The van der Waals surface area contributed by atoms with Crippen LogP contribution in [0.5, 0.6) is 0 Å². The van der Waals surface area contributed by atoms with E-state index in [1.807, 2.05) is 0 Å². The van der Waals surface area contributed by atoms with Gasteiger partial charge in [-0.25, -0.2) is 8.42 Å². The third-order valence-corrected chi connectivity index (χ3v) is 6.89. The molecule has 2 N–H and O–H groups in total. The molecule has 1 aromatic heterocycles. The molecule has 0 radical (unpaired) electrons. The summed E-state index contributed by atoms with van der Waals surface area (Å²) in [7, 11) is -3.81. The molecule has 0 saturated carbocycles. The van der Waals surface area contributed by atoms with Gasteiger partial charge in [0.1, 0.15) is 10.3 Å². The number of hydrogen-bond acceptors (Lipinski definition) is 4. The topological polar surface area (TPSA) is 75.3 Å². The van der Waals surface area contributed by atoms with Gasteiger partial charge in [0.25, 0.3) is 10.0 Å². The monoisotopic (exact) mass is 450 g/mol. The Morgan fingerprint density at radius 2 is 1.65 bits per heavy atom. The summed E-state index contributed by atoms with van der Waals surface area (Å²) in [5.74, 6) is -0.460. The second-order valence-corrected chi connectivity index (χ2v) is 9.20. The lowest BCUT2D eigenvalue weighted by Crippen LogP contribution is -2.36. The van der Waals surface area contributed by atoms with Crippen molar-refractivity contribution < 1.29 is 13.2 Å². The van der Waals surface area contributed by atoms with Crippen molar-refractivity contribution in [1.29, 1.82) is 0 Å². The minimum absolute atomic E-state index is 0.162. The SMILES string of the molecule is O=C(Nc1ccc(Br)cc1)[C@@H](NS(=O)(=O)c1cccs1)c1ccccc1. The van der Waals surface area contributed by atoms with E-state index in [9.17, 15) is 13.2 Å². The van der Waals surface area contributed by atoms with Crippen LogP contribution in [0.1, 0.15) is 11.6 Å². The number of carbonyl (C=O) groups is 1. The molecule has 8 heteroatoms. The molecule has 0 aliphatic heterocycles. The molecule has 1 atom stereocenters. The maximum Gasteiger partial charge on any atom is 0.251 e. The first-order valence-corrected chi connectivity index (χ1v) is 10.8. The molecule has 1 amide bonds. The van der Waals surface area contributed by atoms with E-state index in [-0.39, 0.29) is 4.21 Å². The average Bonchev–Trinajstić information content (AvgIpc) is 3.18. The Bertz CT molecular complexity index is 973. The first kappa shape index (κ1) is 18.8. The molecule has 0 saturated heterocycles. The predicted molar refractivity (Wildman–Crippen MR) is 107 cm³/mol. The van der Waals surface area contributed by atoms with E-state index >= 15 is 0 Å². The number of anilines is 1. The maximum atomic E-state index is 12.8. The number of halogens is 1. The second-order valence-electron chi connectivity index (χ2n) is 5.39. The Hall–Kier alpha value is -2.00. The number of thiophene rings is 1. The van der Waals surface area contributed by atoms with Crippen molar-refractivity contribution in [2.24, 2.45) is 0 Å². The van der Waals surface area contributed by atoms with Crippen molar-refractivity contribution in [3.8, 4) is 0 Å². The summed E-state index contributed by atoms with van der Waals surface area (Å²) in [6.07, 6.45) is 0. The first-order valence-electron chi connectivity index (χ1n) is 7.63. The van der Waals surface area contributed by atoms with Crippen LogP contribution in [0.15, 0.2) is 80.8 Å². The first-order chi connectivity index (χ1) is 12.5. The summed E-state index contributed by atoms with van der Waals surface area (Å²) in [4.78, 5) is 12.8. The maximum absolute atomic E-state index is 12.8. The van der Waals surface area contributed by atoms with E-state index in [0.717, 1.165) is 15.8 Å². The van der Waals surface area contributed by atoms with E-state index in [4.69, 9.17) is 0 Å². The zero-order chi connectivity index (χ0) is 18.6. The summed E-state index contributed by atoms with van der Waals surface area (Å²) >= 11 is 4.43. The number of carbonyl (C=O) groups excluding carboxylic acids is 1. The third-order valence-electron chi connectivity index (χ3n) is 3.54. The van der Waals surface area contributed by atoms with Crippen LogP contribution in [0.2, 0.25) is 0 Å². The van der Waals surface area contributed by atoms with Crippen molar-refractivity contribution in [2.75, 3.05) is 5.32 Å². The molecule has 1 heterocycles. The van der Waals surface area contributed by atoms with Gasteiger partial charge in [0.15, 0.2) is 0 Å². The van der Waals surface area contributed by atoms with Crippen molar-refractivity contribution in [3.05, 3.63) is 82.1 Å². The largest absolute Gasteiger partial charge is 0.324 e. The molecule has 0 aliphatic carbocycles. The van der Waals surface area contributed by atoms with Crippen LogP contribution in [-0.2, 0) is 14.8 Å². The summed E-state index contributed by atoms with van der Waals surface area (Å²) < 4.78 is 28.7. The lowest BCUT2D eigenvalue weighted by Gasteiger charge is -2.18. The molecule has 0 bridgehead atoms. The van der Waals surface area contributed by atoms with E-state index in [1.165, 1.54) is 6.07 Å². The molecule has 0 unspecified atom stereocenters. The van der Waals surface area contributed by atoms with Gasteiger partial charge in [0.05, 0.1) is 0 Å². The molecule has 0 fully saturated rings. The number of amides is 1. The number of nitrogens with one attached hydrogen (secondary N) is 2. The normalized spacial score (nSPS) is 12.5. The summed E-state index contributed by atoms with van der Waals surface area (Å²) in [5, 5.41) is 4.43. The van der Waals surface area contributed by atoms with Crippen molar-refractivity contribution >= 4 is 48.9 Å². The van der Waals surface area contributed by atoms with Gasteiger partial charge >= 0.3 is 0 Å². The highest BCUT2D eigenvalue weighted by molar-refractivity contribution is 9.10. The lowest BCUT2D eigenvalue weighted by molar-refractivity contribution is -0.117. The predicted octanol–water partition coefficient (Wildman–Crippen LogP) is 4.17. The minimum atomic E-state index is -3.81. The zero-order valence-corrected chi connectivity index (χ0v) is 16.6. The quantitative estimate of drug-likeness (QED) is 0.591. The van der Waals surface area contributed by atoms with Gasteiger partial charge in [-0.2, -0.15) is 4.72 Å². The van der Waals surface area contributed by atoms with Gasteiger partial charge in [-0.15, -0.1) is 11.3 Å². The third kappa shape index (κ3) is 4.59. The van der Waals surface area contributed by atoms with Crippen LogP contribution in [0.4, 0.5) is 5.69 Å². The van der Waals surface area contributed by atoms with E-state index in [0.29, 0.717) is 11.3 Å². The fourth-order valence-corrected chi connectivity index (χ4v) is 4.75. The Morgan fingerprint density at radius 1 is 0.962 bits per heavy atom. The highest BCUT2D eigenvalue weighted by Gasteiger charge is 2.27. The zero-order valence-electron chi connectivity index (χ0n) is 13.4. The summed E-state index contributed by atoms with van der Waals surface area (Å²) in [6.45, 7) is 0. The molecule has 3 aromatic rings. The van der Waals surface area contributed by atoms with Gasteiger partial charge < -0.3 is 5.32 Å². The van der Waals surface area contributed by atoms with Crippen LogP contribution >= 0.6 is 27.3 Å². The van der Waals surface area contributed by atoms with E-state index in [1.54, 1.807) is 66.0 Å². The Balaban J connectivity index is 1.88. The molecule has 0 aliphatic rings. The Labute approximate surface area is 164 Å². The van der Waals surface area contributed by atoms with Gasteiger partial charge in [-0.1, -0.05) is 52.3 Å². The van der Waals surface area contributed by atoms with Crippen molar-refractivity contribution in [1.82, 2.24) is 4.72 Å². The second kappa shape index (κ2) is 8.13. The molecule has 3 rings (SSSR count). The summed E-state index contributed by atoms with van der Waals surface area (Å²) in [5.41, 5.74) is 1.14. The highest BCUT2D eigenvalue weighted by atomic mass is 79.9. The fourth-order valence-electron chi connectivity index (χ4n) is 2.30. The Morgan fingerprint density at radius 3 is 2.27 bits per heavy atom. The molecule has 2 aromatic carbocycles. The number of hydrogen-bond donors (Lipinski definition) is 2. The van der Waals surface area contributed by atoms with Crippen molar-refractivity contribution in [2.45, 2.75) is 10.3 Å². The highest BCUT2D eigenvalue weighted by Crippen LogP contribution is 2.22. The molecule has 134 valence electrons. The minimum Gasteiger partial charge on any atom is -0.324 e. The van der Waals surface area contributed by atoms with E-state index in [2.05, 4.69) is 26.0 Å². The molecule has 26 heavy (non-hydrogen) atoms. The van der Waals surface area contributed by atoms with Crippen LogP contribution in [0.25, 0.3) is 0 Å². The molecular formula is C18H15BrN2O3S2. The van der Waals surface area contributed by atoms with Crippen LogP contribution in [0, 0.1) is 0 Å². The van der Waals surface area contributed by atoms with Gasteiger partial charge in [-0.05, 0) is 41.3 Å². The van der Waals surface area contributed by atoms with Gasteiger partial charge in [0.2, 0.25) is 5.91 Å². The molecule has 0 spiro atoms. The standard InChI is InChI=1S/C18H15BrN2O3S2/c19-14-8-10-15(11-9-14)20-18(22)17(13-5-2-1-3-6-13)21-26(23,24)16-7-4-12-25-16/h1-12,17,21H,(H,20,22)/t17-/m0/s1. The number of sulfonamides is 1. The van der Waals surface area contributed by atoms with E-state index < -0.39 is 22.0 Å². The van der Waals surface area contributed by atoms with Gasteiger partial charge in [-0.3, -0.25) is 4.79 Å². The number of rotatable bonds is 6. The summed E-state index contributed by atoms with van der Waals surface area (Å²) in [6, 6.07) is 17.9. The lowest BCUT2D eigenvalue weighted by atomic mass is 10.1. The van der Waals surface area contributed by atoms with Crippen LogP contribution in [-0.4, -0.2) is 14.3 Å². The fraction of sp³-hybridized carbons (Fsp3) is 0.0556. The average molecular weight is 451 g/mol.